The fourth-order valence-corrected chi connectivity index (χ4v) is 3.89. The highest BCUT2D eigenvalue weighted by molar-refractivity contribution is 8.15. The molecule has 5 nitrogen and oxygen atoms in total. The number of aliphatic imine (C=N–C) groups is 1. The lowest BCUT2D eigenvalue weighted by Gasteiger charge is -2.32. The van der Waals surface area contributed by atoms with Gasteiger partial charge < -0.3 is 4.74 Å². The number of amidine groups is 1. The number of esters is 1. The molecule has 1 amide bonds. The Bertz CT molecular complexity index is 742. The Morgan fingerprint density at radius 1 is 1.35 bits per heavy atom. The third-order valence-corrected chi connectivity index (χ3v) is 5.16. The van der Waals surface area contributed by atoms with Gasteiger partial charge in [-0.1, -0.05) is 35.5 Å². The van der Waals surface area contributed by atoms with Crippen molar-refractivity contribution in [1.82, 2.24) is 4.90 Å². The number of fused-ring (bicyclic) bond motifs is 1. The van der Waals surface area contributed by atoms with E-state index in [4.69, 9.17) is 16.3 Å². The molecule has 0 N–H and O–H groups in total. The Morgan fingerprint density at radius 3 is 2.61 bits per heavy atom. The zero-order valence-corrected chi connectivity index (χ0v) is 14.4. The second kappa shape index (κ2) is 6.02. The fourth-order valence-electron chi connectivity index (χ4n) is 2.73. The molecule has 0 bridgehead atoms. The molecule has 1 fully saturated rings. The van der Waals surface area contributed by atoms with Crippen molar-refractivity contribution < 1.29 is 14.3 Å². The zero-order chi connectivity index (χ0) is 16.7. The highest BCUT2D eigenvalue weighted by Gasteiger charge is 2.46. The van der Waals surface area contributed by atoms with Crippen molar-refractivity contribution in [3.8, 4) is 0 Å². The number of thioether (sulfide) groups is 1. The van der Waals surface area contributed by atoms with Crippen LogP contribution in [0.1, 0.15) is 25.5 Å². The quantitative estimate of drug-likeness (QED) is 0.769. The van der Waals surface area contributed by atoms with E-state index in [9.17, 15) is 9.59 Å². The standard InChI is InChI=1S/C16H15ClN2O3S/c1-8-12(15(21)22-3)13(10-4-6-11(17)7-5-10)19-14(20)9(2)23-16(19)18-8/h4-7,9,13H,1-3H3. The summed E-state index contributed by atoms with van der Waals surface area (Å²) in [6.45, 7) is 3.59. The van der Waals surface area contributed by atoms with Gasteiger partial charge in [0.25, 0.3) is 0 Å². The lowest BCUT2D eigenvalue weighted by atomic mass is 9.94. The van der Waals surface area contributed by atoms with E-state index in [0.29, 0.717) is 21.5 Å². The molecule has 0 spiro atoms. The average molecular weight is 351 g/mol. The van der Waals surface area contributed by atoms with Crippen molar-refractivity contribution in [2.45, 2.75) is 25.1 Å². The molecule has 1 aromatic carbocycles. The van der Waals surface area contributed by atoms with Crippen molar-refractivity contribution in [2.24, 2.45) is 4.99 Å². The first-order chi connectivity index (χ1) is 10.9. The summed E-state index contributed by atoms with van der Waals surface area (Å²) in [5, 5.41) is 0.982. The first-order valence-electron chi connectivity index (χ1n) is 7.07. The van der Waals surface area contributed by atoms with Crippen LogP contribution in [0.3, 0.4) is 0 Å². The van der Waals surface area contributed by atoms with E-state index in [-0.39, 0.29) is 11.2 Å². The van der Waals surface area contributed by atoms with E-state index < -0.39 is 12.0 Å². The van der Waals surface area contributed by atoms with Crippen molar-refractivity contribution >= 4 is 40.4 Å². The maximum Gasteiger partial charge on any atom is 0.338 e. The Morgan fingerprint density at radius 2 is 2.00 bits per heavy atom. The molecule has 2 aliphatic rings. The lowest BCUT2D eigenvalue weighted by molar-refractivity contribution is -0.137. The molecule has 2 heterocycles. The number of rotatable bonds is 2. The van der Waals surface area contributed by atoms with Crippen LogP contribution >= 0.6 is 23.4 Å². The summed E-state index contributed by atoms with van der Waals surface area (Å²) in [6.07, 6.45) is 0. The summed E-state index contributed by atoms with van der Waals surface area (Å²) in [4.78, 5) is 30.9. The van der Waals surface area contributed by atoms with Gasteiger partial charge in [-0.25, -0.2) is 9.79 Å². The van der Waals surface area contributed by atoms with Crippen LogP contribution in [0.5, 0.6) is 0 Å². The van der Waals surface area contributed by atoms with Crippen LogP contribution in [0.2, 0.25) is 5.02 Å². The van der Waals surface area contributed by atoms with Crippen LogP contribution < -0.4 is 0 Å². The van der Waals surface area contributed by atoms with Gasteiger partial charge in [-0.05, 0) is 31.5 Å². The Labute approximate surface area is 143 Å². The van der Waals surface area contributed by atoms with Crippen LogP contribution in [0.4, 0.5) is 0 Å². The number of nitrogens with zero attached hydrogens (tertiary/aromatic N) is 2. The minimum Gasteiger partial charge on any atom is -0.466 e. The second-order valence-electron chi connectivity index (χ2n) is 5.31. The SMILES string of the molecule is COC(=O)C1=C(C)N=C2SC(C)C(=O)N2C1c1ccc(Cl)cc1. The molecule has 0 radical (unpaired) electrons. The van der Waals surface area contributed by atoms with Gasteiger partial charge in [-0.15, -0.1) is 0 Å². The van der Waals surface area contributed by atoms with Crippen LogP contribution in [0.15, 0.2) is 40.5 Å². The largest absolute Gasteiger partial charge is 0.466 e. The molecule has 3 rings (SSSR count). The second-order valence-corrected chi connectivity index (χ2v) is 7.05. The molecule has 2 unspecified atom stereocenters. The van der Waals surface area contributed by atoms with Crippen LogP contribution in [-0.4, -0.2) is 34.3 Å². The zero-order valence-electron chi connectivity index (χ0n) is 12.9. The van der Waals surface area contributed by atoms with Gasteiger partial charge in [-0.3, -0.25) is 9.69 Å². The first kappa shape index (κ1) is 16.1. The number of carbonyl (C=O) groups is 2. The number of allylic oxidation sites excluding steroid dienone is 1. The molecule has 0 aliphatic carbocycles. The van der Waals surface area contributed by atoms with Gasteiger partial charge in [0.05, 0.1) is 29.7 Å². The van der Waals surface area contributed by atoms with Crippen LogP contribution in [-0.2, 0) is 14.3 Å². The highest BCUT2D eigenvalue weighted by Crippen LogP contribution is 2.43. The number of carbonyl (C=O) groups excluding carboxylic acids is 2. The topological polar surface area (TPSA) is 59.0 Å². The maximum absolute atomic E-state index is 12.6. The summed E-state index contributed by atoms with van der Waals surface area (Å²) in [5.74, 6) is -0.551. The third kappa shape index (κ3) is 2.66. The first-order valence-corrected chi connectivity index (χ1v) is 8.32. The molecule has 2 atom stereocenters. The summed E-state index contributed by atoms with van der Waals surface area (Å²) < 4.78 is 4.91. The third-order valence-electron chi connectivity index (χ3n) is 3.85. The molecule has 120 valence electrons. The van der Waals surface area contributed by atoms with E-state index in [1.165, 1.54) is 18.9 Å². The molecular formula is C16H15ClN2O3S. The van der Waals surface area contributed by atoms with Gasteiger partial charge in [0.15, 0.2) is 5.17 Å². The number of ether oxygens (including phenoxy) is 1. The van der Waals surface area contributed by atoms with Gasteiger partial charge in [0, 0.05) is 5.02 Å². The van der Waals surface area contributed by atoms with E-state index in [2.05, 4.69) is 4.99 Å². The smallest absolute Gasteiger partial charge is 0.338 e. The Hall–Kier alpha value is -1.79. The molecule has 1 aromatic rings. The van der Waals surface area contributed by atoms with Gasteiger partial charge >= 0.3 is 5.97 Å². The van der Waals surface area contributed by atoms with E-state index in [0.717, 1.165) is 5.56 Å². The maximum atomic E-state index is 12.6. The van der Waals surface area contributed by atoms with Gasteiger partial charge in [0.1, 0.15) is 0 Å². The number of methoxy groups -OCH3 is 1. The molecule has 23 heavy (non-hydrogen) atoms. The monoisotopic (exact) mass is 350 g/mol. The summed E-state index contributed by atoms with van der Waals surface area (Å²) in [6, 6.07) is 6.56. The van der Waals surface area contributed by atoms with Gasteiger partial charge in [-0.2, -0.15) is 0 Å². The van der Waals surface area contributed by atoms with E-state index in [1.54, 1.807) is 24.0 Å². The van der Waals surface area contributed by atoms with E-state index >= 15 is 0 Å². The van der Waals surface area contributed by atoms with Crippen LogP contribution in [0, 0.1) is 0 Å². The van der Waals surface area contributed by atoms with Crippen molar-refractivity contribution in [3.05, 3.63) is 46.1 Å². The molecule has 0 aromatic heterocycles. The number of benzene rings is 1. The lowest BCUT2D eigenvalue weighted by Crippen LogP contribution is -2.40. The van der Waals surface area contributed by atoms with Crippen molar-refractivity contribution in [1.29, 1.82) is 0 Å². The number of hydrogen-bond acceptors (Lipinski definition) is 5. The Kier molecular flexibility index (Phi) is 4.21. The number of amides is 1. The minimum absolute atomic E-state index is 0.0670. The summed E-state index contributed by atoms with van der Waals surface area (Å²) in [5.41, 5.74) is 1.74. The predicted molar refractivity (Wildman–Crippen MR) is 90.2 cm³/mol. The summed E-state index contributed by atoms with van der Waals surface area (Å²) >= 11 is 7.35. The molecule has 7 heteroatoms. The minimum atomic E-state index is -0.544. The predicted octanol–water partition coefficient (Wildman–Crippen LogP) is 3.16. The highest BCUT2D eigenvalue weighted by atomic mass is 35.5. The fraction of sp³-hybridized carbons (Fsp3) is 0.312. The average Bonchev–Trinajstić information content (AvgIpc) is 2.80. The van der Waals surface area contributed by atoms with Crippen molar-refractivity contribution in [3.63, 3.8) is 0 Å². The number of halogens is 1. The van der Waals surface area contributed by atoms with E-state index in [1.807, 2.05) is 19.1 Å². The molecular weight excluding hydrogens is 336 g/mol. The van der Waals surface area contributed by atoms with Gasteiger partial charge in [0.2, 0.25) is 5.91 Å². The summed E-state index contributed by atoms with van der Waals surface area (Å²) in [7, 11) is 1.32. The van der Waals surface area contributed by atoms with Crippen molar-refractivity contribution in [2.75, 3.05) is 7.11 Å². The number of hydrogen-bond donors (Lipinski definition) is 0. The molecule has 0 saturated carbocycles. The van der Waals surface area contributed by atoms with Crippen LogP contribution in [0.25, 0.3) is 0 Å². The Balaban J connectivity index is 2.17. The molecule has 2 aliphatic heterocycles. The normalized spacial score (nSPS) is 23.7. The molecule has 1 saturated heterocycles.